The number of ether oxygens (including phenoxy) is 1. The summed E-state index contributed by atoms with van der Waals surface area (Å²) in [6.45, 7) is -1.80. The predicted octanol–water partition coefficient (Wildman–Crippen LogP) is -1.28. The molecule has 0 aliphatic rings. The van der Waals surface area contributed by atoms with E-state index in [1.54, 1.807) is 12.1 Å². The molecule has 1 aromatic rings. The van der Waals surface area contributed by atoms with Crippen molar-refractivity contribution in [3.8, 4) is 5.75 Å². The van der Waals surface area contributed by atoms with Gasteiger partial charge in [0.15, 0.2) is 5.75 Å². The van der Waals surface area contributed by atoms with Gasteiger partial charge in [-0.05, 0) is 12.1 Å². The van der Waals surface area contributed by atoms with Crippen LogP contribution in [0.2, 0.25) is 0 Å². The summed E-state index contributed by atoms with van der Waals surface area (Å²) in [6, 6.07) is 4.64. The molecule has 0 bridgehead atoms. The molecule has 0 aromatic heterocycles. The molecule has 0 atom stereocenters. The van der Waals surface area contributed by atoms with Crippen molar-refractivity contribution in [2.75, 3.05) is 32.7 Å². The quantitative estimate of drug-likeness (QED) is 0.410. The van der Waals surface area contributed by atoms with E-state index in [1.165, 1.54) is 13.2 Å². The van der Waals surface area contributed by atoms with Crippen LogP contribution in [0.4, 0.5) is 5.69 Å². The van der Waals surface area contributed by atoms with E-state index in [2.05, 4.69) is 5.32 Å². The highest BCUT2D eigenvalue weighted by Gasteiger charge is 2.31. The van der Waals surface area contributed by atoms with Crippen LogP contribution in [0, 0.1) is 0 Å². The fourth-order valence-electron chi connectivity index (χ4n) is 1.54. The third-order valence-corrected chi connectivity index (χ3v) is 2.78. The maximum Gasteiger partial charge on any atom is 0.255 e. The minimum atomic E-state index is -1.49. The minimum Gasteiger partial charge on any atom is -0.494 e. The number of hydrogen-bond donors (Lipinski definition) is 5. The van der Waals surface area contributed by atoms with Gasteiger partial charge in [-0.3, -0.25) is 4.79 Å². The van der Waals surface area contributed by atoms with E-state index >= 15 is 0 Å². The van der Waals surface area contributed by atoms with Gasteiger partial charge in [-0.15, -0.1) is 0 Å². The first-order valence-corrected chi connectivity index (χ1v) is 5.61. The number of carbonyl (C=O) groups excluding carboxylic acids is 1. The van der Waals surface area contributed by atoms with E-state index in [4.69, 9.17) is 25.8 Å². The molecule has 1 rings (SSSR count). The van der Waals surface area contributed by atoms with Crippen LogP contribution in [-0.4, -0.2) is 53.7 Å². The van der Waals surface area contributed by atoms with Crippen LogP contribution >= 0.6 is 0 Å². The number of aliphatic hydroxyl groups is 3. The Morgan fingerprint density at radius 2 is 1.89 bits per heavy atom. The molecule has 0 unspecified atom stereocenters. The summed E-state index contributed by atoms with van der Waals surface area (Å²) in [7, 11) is 1.37. The Morgan fingerprint density at radius 1 is 1.32 bits per heavy atom. The molecule has 6 N–H and O–H groups in total. The van der Waals surface area contributed by atoms with Crippen LogP contribution in [0.15, 0.2) is 18.2 Å². The number of para-hydroxylation sites is 1. The van der Waals surface area contributed by atoms with E-state index < -0.39 is 31.3 Å². The monoisotopic (exact) mass is 270 g/mol. The molecule has 0 saturated heterocycles. The molecule has 0 radical (unpaired) electrons. The number of benzene rings is 1. The highest BCUT2D eigenvalue weighted by molar-refractivity contribution is 5.99. The summed E-state index contributed by atoms with van der Waals surface area (Å²) in [5.41, 5.74) is 4.63. The summed E-state index contributed by atoms with van der Waals surface area (Å²) >= 11 is 0. The lowest BCUT2D eigenvalue weighted by molar-refractivity contribution is 0.0374. The number of nitrogens with one attached hydrogen (secondary N) is 1. The summed E-state index contributed by atoms with van der Waals surface area (Å²) in [6.07, 6.45) is 0. The Morgan fingerprint density at radius 3 is 2.37 bits per heavy atom. The summed E-state index contributed by atoms with van der Waals surface area (Å²) in [5.74, 6) is -0.413. The van der Waals surface area contributed by atoms with Gasteiger partial charge in [0.2, 0.25) is 0 Å². The van der Waals surface area contributed by atoms with Crippen molar-refractivity contribution in [2.45, 2.75) is 5.54 Å². The summed E-state index contributed by atoms with van der Waals surface area (Å²) < 4.78 is 5.04. The lowest BCUT2D eigenvalue weighted by Crippen LogP contribution is -2.57. The van der Waals surface area contributed by atoms with Gasteiger partial charge in [-0.2, -0.15) is 0 Å². The Balaban J connectivity index is 3.04. The van der Waals surface area contributed by atoms with Crippen molar-refractivity contribution >= 4 is 11.6 Å². The van der Waals surface area contributed by atoms with Gasteiger partial charge < -0.3 is 31.1 Å². The average Bonchev–Trinajstić information content (AvgIpc) is 2.44. The predicted molar refractivity (Wildman–Crippen MR) is 68.9 cm³/mol. The number of nitrogens with two attached hydrogens (primary N) is 1. The smallest absolute Gasteiger partial charge is 0.255 e. The highest BCUT2D eigenvalue weighted by atomic mass is 16.5. The first kappa shape index (κ1) is 15.2. The van der Waals surface area contributed by atoms with Gasteiger partial charge in [0, 0.05) is 0 Å². The summed E-state index contributed by atoms with van der Waals surface area (Å²) in [5, 5.41) is 29.9. The average molecular weight is 270 g/mol. The second kappa shape index (κ2) is 6.37. The first-order chi connectivity index (χ1) is 9.03. The molecular weight excluding hydrogens is 252 g/mol. The molecule has 19 heavy (non-hydrogen) atoms. The van der Waals surface area contributed by atoms with Crippen molar-refractivity contribution in [3.05, 3.63) is 23.8 Å². The van der Waals surface area contributed by atoms with Crippen LogP contribution < -0.4 is 15.8 Å². The maximum atomic E-state index is 12.1. The van der Waals surface area contributed by atoms with Crippen molar-refractivity contribution in [1.82, 2.24) is 5.32 Å². The molecule has 0 aliphatic heterocycles. The van der Waals surface area contributed by atoms with Crippen LogP contribution in [0.1, 0.15) is 10.4 Å². The van der Waals surface area contributed by atoms with Gasteiger partial charge in [0.1, 0.15) is 5.54 Å². The minimum absolute atomic E-state index is 0.155. The third-order valence-electron chi connectivity index (χ3n) is 2.78. The fraction of sp³-hybridized carbons (Fsp3) is 0.417. The zero-order chi connectivity index (χ0) is 14.5. The molecule has 1 aromatic carbocycles. The van der Waals surface area contributed by atoms with Crippen molar-refractivity contribution in [2.24, 2.45) is 0 Å². The number of rotatable bonds is 6. The normalized spacial score (nSPS) is 11.2. The second-order valence-electron chi connectivity index (χ2n) is 4.14. The van der Waals surface area contributed by atoms with Gasteiger partial charge in [-0.1, -0.05) is 6.07 Å². The first-order valence-electron chi connectivity index (χ1n) is 5.61. The second-order valence-corrected chi connectivity index (χ2v) is 4.14. The van der Waals surface area contributed by atoms with Gasteiger partial charge in [-0.25, -0.2) is 0 Å². The van der Waals surface area contributed by atoms with Gasteiger partial charge in [0.25, 0.3) is 5.91 Å². The van der Waals surface area contributed by atoms with Crippen LogP contribution in [0.25, 0.3) is 0 Å². The lowest BCUT2D eigenvalue weighted by Gasteiger charge is -2.29. The van der Waals surface area contributed by atoms with E-state index in [-0.39, 0.29) is 17.0 Å². The van der Waals surface area contributed by atoms with Gasteiger partial charge >= 0.3 is 0 Å². The molecule has 0 fully saturated rings. The molecular formula is C12H18N2O5. The number of anilines is 1. The number of aliphatic hydroxyl groups excluding tert-OH is 3. The van der Waals surface area contributed by atoms with Crippen molar-refractivity contribution in [1.29, 1.82) is 0 Å². The van der Waals surface area contributed by atoms with E-state index in [1.807, 2.05) is 0 Å². The Bertz CT molecular complexity index is 437. The number of amides is 1. The fourth-order valence-corrected chi connectivity index (χ4v) is 1.54. The van der Waals surface area contributed by atoms with Gasteiger partial charge in [0.05, 0.1) is 38.2 Å². The molecule has 1 amide bonds. The summed E-state index contributed by atoms with van der Waals surface area (Å²) in [4.78, 5) is 12.1. The van der Waals surface area contributed by atoms with E-state index in [0.717, 1.165) is 0 Å². The standard InChI is InChI=1S/C12H18N2O5/c1-19-10-8(3-2-4-9(10)13)11(18)14-12(5-15,6-16)7-17/h2-4,15-17H,5-7,13H2,1H3,(H,14,18). The van der Waals surface area contributed by atoms with Crippen molar-refractivity contribution < 1.29 is 24.9 Å². The number of nitrogen functional groups attached to an aromatic ring is 1. The van der Waals surface area contributed by atoms with Crippen molar-refractivity contribution in [3.63, 3.8) is 0 Å². The van der Waals surface area contributed by atoms with Crippen LogP contribution in [0.5, 0.6) is 5.75 Å². The lowest BCUT2D eigenvalue weighted by atomic mass is 10.0. The van der Waals surface area contributed by atoms with Crippen LogP contribution in [0.3, 0.4) is 0 Å². The molecule has 0 spiro atoms. The number of methoxy groups -OCH3 is 1. The topological polar surface area (TPSA) is 125 Å². The van der Waals surface area contributed by atoms with Crippen LogP contribution in [-0.2, 0) is 0 Å². The zero-order valence-electron chi connectivity index (χ0n) is 10.6. The largest absolute Gasteiger partial charge is 0.494 e. The Hall–Kier alpha value is -1.83. The molecule has 0 saturated carbocycles. The van der Waals surface area contributed by atoms with E-state index in [9.17, 15) is 4.79 Å². The SMILES string of the molecule is COc1c(N)cccc1C(=O)NC(CO)(CO)CO. The highest BCUT2D eigenvalue weighted by Crippen LogP contribution is 2.26. The molecule has 0 aliphatic carbocycles. The molecule has 7 nitrogen and oxygen atoms in total. The molecule has 7 heteroatoms. The number of hydrogen-bond acceptors (Lipinski definition) is 6. The third kappa shape index (κ3) is 3.14. The maximum absolute atomic E-state index is 12.1. The van der Waals surface area contributed by atoms with E-state index in [0.29, 0.717) is 0 Å². The molecule has 106 valence electrons. The Kier molecular flexibility index (Phi) is 5.11. The zero-order valence-corrected chi connectivity index (χ0v) is 10.6. The Labute approximate surface area is 110 Å². The number of carbonyl (C=O) groups is 1. The molecule has 0 heterocycles.